The van der Waals surface area contributed by atoms with Crippen molar-refractivity contribution in [2.45, 2.75) is 38.5 Å². The van der Waals surface area contributed by atoms with Gasteiger partial charge < -0.3 is 10.1 Å². The maximum absolute atomic E-state index is 5.59. The lowest BCUT2D eigenvalue weighted by atomic mass is 9.89. The summed E-state index contributed by atoms with van der Waals surface area (Å²) in [5, 5.41) is 7.92. The Balaban J connectivity index is 1.59. The highest BCUT2D eigenvalue weighted by Gasteiger charge is 2.28. The molecule has 0 aliphatic heterocycles. The van der Waals surface area contributed by atoms with Gasteiger partial charge >= 0.3 is 0 Å². The van der Waals surface area contributed by atoms with Gasteiger partial charge in [0.25, 0.3) is 0 Å². The Kier molecular flexibility index (Phi) is 4.14. The van der Waals surface area contributed by atoms with Crippen LogP contribution in [0.15, 0.2) is 42.7 Å². The van der Waals surface area contributed by atoms with E-state index in [2.05, 4.69) is 41.6 Å². The van der Waals surface area contributed by atoms with Gasteiger partial charge in [-0.1, -0.05) is 18.2 Å². The van der Waals surface area contributed by atoms with Gasteiger partial charge in [-0.05, 0) is 37.5 Å². The maximum atomic E-state index is 5.59. The van der Waals surface area contributed by atoms with Gasteiger partial charge in [-0.2, -0.15) is 5.10 Å². The average molecular weight is 271 g/mol. The number of rotatable bonds is 6. The number of ether oxygens (including phenoxy) is 1. The van der Waals surface area contributed by atoms with Crippen LogP contribution in [-0.2, 0) is 11.3 Å². The minimum absolute atomic E-state index is 0.457. The van der Waals surface area contributed by atoms with E-state index in [0.29, 0.717) is 12.1 Å². The van der Waals surface area contributed by atoms with Crippen LogP contribution in [0.25, 0.3) is 5.69 Å². The number of benzene rings is 1. The van der Waals surface area contributed by atoms with E-state index in [-0.39, 0.29) is 0 Å². The third kappa shape index (κ3) is 2.92. The van der Waals surface area contributed by atoms with Crippen LogP contribution in [0.5, 0.6) is 0 Å². The topological polar surface area (TPSA) is 39.1 Å². The first kappa shape index (κ1) is 13.3. The lowest BCUT2D eigenvalue weighted by molar-refractivity contribution is -0.0102. The molecule has 0 amide bonds. The van der Waals surface area contributed by atoms with Crippen molar-refractivity contribution in [2.24, 2.45) is 0 Å². The molecule has 1 aromatic carbocycles. The maximum Gasteiger partial charge on any atom is 0.0690 e. The van der Waals surface area contributed by atoms with E-state index >= 15 is 0 Å². The summed E-state index contributed by atoms with van der Waals surface area (Å²) < 4.78 is 7.51. The molecule has 3 rings (SSSR count). The second-order valence-electron chi connectivity index (χ2n) is 5.21. The Labute approximate surface area is 119 Å². The monoisotopic (exact) mass is 271 g/mol. The molecule has 1 aromatic heterocycles. The third-order valence-corrected chi connectivity index (χ3v) is 3.82. The zero-order valence-corrected chi connectivity index (χ0v) is 11.8. The Bertz CT molecular complexity index is 532. The van der Waals surface area contributed by atoms with E-state index in [1.807, 2.05) is 23.1 Å². The number of para-hydroxylation sites is 1. The van der Waals surface area contributed by atoms with Crippen LogP contribution in [0.4, 0.5) is 0 Å². The van der Waals surface area contributed by atoms with Gasteiger partial charge in [0, 0.05) is 31.6 Å². The van der Waals surface area contributed by atoms with Crippen LogP contribution in [0.3, 0.4) is 0 Å². The first-order valence-electron chi connectivity index (χ1n) is 7.29. The summed E-state index contributed by atoms with van der Waals surface area (Å²) in [5.41, 5.74) is 2.42. The quantitative estimate of drug-likeness (QED) is 0.877. The molecule has 1 N–H and O–H groups in total. The molecule has 4 heteroatoms. The van der Waals surface area contributed by atoms with Gasteiger partial charge in [0.15, 0.2) is 0 Å². The summed E-state index contributed by atoms with van der Waals surface area (Å²) in [5.74, 6) is 0. The molecule has 106 valence electrons. The largest absolute Gasteiger partial charge is 0.378 e. The zero-order chi connectivity index (χ0) is 13.8. The fraction of sp³-hybridized carbons (Fsp3) is 0.438. The third-order valence-electron chi connectivity index (χ3n) is 3.82. The SMILES string of the molecule is CCOC1CC(NCc2ccccc2-n2cccn2)C1. The lowest BCUT2D eigenvalue weighted by Gasteiger charge is -2.35. The van der Waals surface area contributed by atoms with Crippen LogP contribution >= 0.6 is 0 Å². The Morgan fingerprint density at radius 1 is 1.30 bits per heavy atom. The highest BCUT2D eigenvalue weighted by molar-refractivity contribution is 5.40. The van der Waals surface area contributed by atoms with Crippen LogP contribution in [0.2, 0.25) is 0 Å². The van der Waals surface area contributed by atoms with Crippen molar-refractivity contribution < 1.29 is 4.74 Å². The van der Waals surface area contributed by atoms with Crippen molar-refractivity contribution in [3.63, 3.8) is 0 Å². The predicted molar refractivity (Wildman–Crippen MR) is 78.8 cm³/mol. The average Bonchev–Trinajstić information content (AvgIpc) is 2.95. The van der Waals surface area contributed by atoms with E-state index < -0.39 is 0 Å². The molecule has 0 unspecified atom stereocenters. The van der Waals surface area contributed by atoms with Crippen molar-refractivity contribution in [1.82, 2.24) is 15.1 Å². The van der Waals surface area contributed by atoms with Gasteiger partial charge in [0.05, 0.1) is 11.8 Å². The summed E-state index contributed by atoms with van der Waals surface area (Å²) in [6.07, 6.45) is 6.49. The van der Waals surface area contributed by atoms with E-state index in [9.17, 15) is 0 Å². The fourth-order valence-corrected chi connectivity index (χ4v) is 2.65. The number of hydrogen-bond acceptors (Lipinski definition) is 3. The first-order valence-corrected chi connectivity index (χ1v) is 7.29. The molecule has 1 aliphatic rings. The van der Waals surface area contributed by atoms with Crippen LogP contribution in [-0.4, -0.2) is 28.5 Å². The minimum Gasteiger partial charge on any atom is -0.378 e. The van der Waals surface area contributed by atoms with E-state index in [0.717, 1.165) is 31.7 Å². The van der Waals surface area contributed by atoms with Gasteiger partial charge in [-0.25, -0.2) is 4.68 Å². The van der Waals surface area contributed by atoms with Crippen molar-refractivity contribution in [3.05, 3.63) is 48.3 Å². The van der Waals surface area contributed by atoms with Crippen molar-refractivity contribution in [1.29, 1.82) is 0 Å². The normalized spacial score (nSPS) is 21.6. The summed E-state index contributed by atoms with van der Waals surface area (Å²) in [7, 11) is 0. The molecule has 1 heterocycles. The predicted octanol–water partition coefficient (Wildman–Crippen LogP) is 2.53. The van der Waals surface area contributed by atoms with Crippen LogP contribution in [0.1, 0.15) is 25.3 Å². The van der Waals surface area contributed by atoms with Crippen LogP contribution < -0.4 is 5.32 Å². The molecule has 0 atom stereocenters. The second kappa shape index (κ2) is 6.20. The first-order chi connectivity index (χ1) is 9.86. The van der Waals surface area contributed by atoms with E-state index in [4.69, 9.17) is 4.74 Å². The highest BCUT2D eigenvalue weighted by Crippen LogP contribution is 2.24. The molecular weight excluding hydrogens is 250 g/mol. The highest BCUT2D eigenvalue weighted by atomic mass is 16.5. The minimum atomic E-state index is 0.457. The summed E-state index contributed by atoms with van der Waals surface area (Å²) in [4.78, 5) is 0. The van der Waals surface area contributed by atoms with E-state index in [1.165, 1.54) is 5.56 Å². The zero-order valence-electron chi connectivity index (χ0n) is 11.8. The van der Waals surface area contributed by atoms with Gasteiger partial charge in [-0.3, -0.25) is 0 Å². The standard InChI is InChI=1S/C16H21N3O/c1-2-20-15-10-14(11-15)17-12-13-6-3-4-7-16(13)19-9-5-8-18-19/h3-9,14-15,17H,2,10-12H2,1H3. The van der Waals surface area contributed by atoms with Crippen molar-refractivity contribution in [3.8, 4) is 5.69 Å². The molecule has 0 radical (unpaired) electrons. The van der Waals surface area contributed by atoms with Crippen molar-refractivity contribution >= 4 is 0 Å². The number of aromatic nitrogens is 2. The number of nitrogens with one attached hydrogen (secondary N) is 1. The Morgan fingerprint density at radius 3 is 2.90 bits per heavy atom. The summed E-state index contributed by atoms with van der Waals surface area (Å²) in [6.45, 7) is 3.75. The molecule has 2 aromatic rings. The van der Waals surface area contributed by atoms with Gasteiger partial charge in [-0.15, -0.1) is 0 Å². The lowest BCUT2D eigenvalue weighted by Crippen LogP contribution is -2.45. The molecule has 0 bridgehead atoms. The van der Waals surface area contributed by atoms with Crippen LogP contribution in [0, 0.1) is 0 Å². The number of hydrogen-bond donors (Lipinski definition) is 1. The summed E-state index contributed by atoms with van der Waals surface area (Å²) in [6, 6.07) is 10.9. The van der Waals surface area contributed by atoms with E-state index in [1.54, 1.807) is 0 Å². The molecule has 20 heavy (non-hydrogen) atoms. The second-order valence-corrected chi connectivity index (χ2v) is 5.21. The molecule has 0 saturated heterocycles. The molecule has 1 fully saturated rings. The summed E-state index contributed by atoms with van der Waals surface area (Å²) >= 11 is 0. The molecular formula is C16H21N3O. The molecule has 1 saturated carbocycles. The molecule has 1 aliphatic carbocycles. The molecule has 4 nitrogen and oxygen atoms in total. The fourth-order valence-electron chi connectivity index (χ4n) is 2.65. The number of nitrogens with zero attached hydrogens (tertiary/aromatic N) is 2. The Hall–Kier alpha value is -1.65. The Morgan fingerprint density at radius 2 is 2.15 bits per heavy atom. The van der Waals surface area contributed by atoms with Gasteiger partial charge in [0.2, 0.25) is 0 Å². The van der Waals surface area contributed by atoms with Crippen molar-refractivity contribution in [2.75, 3.05) is 6.61 Å². The molecule has 0 spiro atoms. The smallest absolute Gasteiger partial charge is 0.0690 e. The van der Waals surface area contributed by atoms with Gasteiger partial charge in [0.1, 0.15) is 0 Å².